The molecule has 0 bridgehead atoms. The Morgan fingerprint density at radius 2 is 2.06 bits per heavy atom. The van der Waals surface area contributed by atoms with Crippen molar-refractivity contribution in [2.45, 2.75) is 32.6 Å². The van der Waals surface area contributed by atoms with Crippen molar-refractivity contribution < 1.29 is 4.79 Å². The van der Waals surface area contributed by atoms with E-state index in [-0.39, 0.29) is 11.3 Å². The first-order valence-corrected chi connectivity index (χ1v) is 5.97. The van der Waals surface area contributed by atoms with Gasteiger partial charge in [-0.1, -0.05) is 13.0 Å². The standard InChI is InChI=1S/C13H18ClNO/c1-4-12(14)8-15-13(16)11-6-5-9(2)10(3)7-11/h5-7,12H,4,8H2,1-3H3,(H,15,16). The Hall–Kier alpha value is -1.02. The summed E-state index contributed by atoms with van der Waals surface area (Å²) in [6.07, 6.45) is 0.856. The smallest absolute Gasteiger partial charge is 0.251 e. The number of hydrogen-bond acceptors (Lipinski definition) is 1. The molecular formula is C13H18ClNO. The largest absolute Gasteiger partial charge is 0.351 e. The Bertz CT molecular complexity index is 376. The SMILES string of the molecule is CCC(Cl)CNC(=O)c1ccc(C)c(C)c1. The maximum atomic E-state index is 11.8. The average molecular weight is 240 g/mol. The molecule has 0 heterocycles. The Labute approximate surface area is 102 Å². The Balaban J connectivity index is 2.63. The highest BCUT2D eigenvalue weighted by molar-refractivity contribution is 6.20. The predicted molar refractivity (Wildman–Crippen MR) is 68.2 cm³/mol. The van der Waals surface area contributed by atoms with E-state index in [0.717, 1.165) is 12.0 Å². The van der Waals surface area contributed by atoms with Gasteiger partial charge in [-0.25, -0.2) is 0 Å². The first-order chi connectivity index (χ1) is 7.54. The van der Waals surface area contributed by atoms with Crippen molar-refractivity contribution in [2.75, 3.05) is 6.54 Å². The lowest BCUT2D eigenvalue weighted by atomic mass is 10.1. The minimum atomic E-state index is -0.0535. The molecule has 0 radical (unpaired) electrons. The number of amides is 1. The number of nitrogens with one attached hydrogen (secondary N) is 1. The Morgan fingerprint density at radius 1 is 1.38 bits per heavy atom. The zero-order valence-corrected chi connectivity index (χ0v) is 10.8. The molecule has 0 fully saturated rings. The molecule has 1 amide bonds. The van der Waals surface area contributed by atoms with Crippen LogP contribution < -0.4 is 5.32 Å². The van der Waals surface area contributed by atoms with Crippen LogP contribution in [0.5, 0.6) is 0 Å². The molecule has 0 spiro atoms. The second-order valence-corrected chi connectivity index (χ2v) is 4.63. The maximum absolute atomic E-state index is 11.8. The van der Waals surface area contributed by atoms with Crippen molar-refractivity contribution in [3.63, 3.8) is 0 Å². The van der Waals surface area contributed by atoms with Crippen molar-refractivity contribution in [3.8, 4) is 0 Å². The molecule has 0 aliphatic heterocycles. The number of halogens is 1. The van der Waals surface area contributed by atoms with Crippen LogP contribution in [0.2, 0.25) is 0 Å². The number of benzene rings is 1. The van der Waals surface area contributed by atoms with Gasteiger partial charge in [0.2, 0.25) is 0 Å². The van der Waals surface area contributed by atoms with Crippen LogP contribution in [0.3, 0.4) is 0 Å². The summed E-state index contributed by atoms with van der Waals surface area (Å²) >= 11 is 5.94. The summed E-state index contributed by atoms with van der Waals surface area (Å²) in [6.45, 7) is 6.55. The monoisotopic (exact) mass is 239 g/mol. The van der Waals surface area contributed by atoms with Gasteiger partial charge in [0.1, 0.15) is 0 Å². The fourth-order valence-corrected chi connectivity index (χ4v) is 1.41. The van der Waals surface area contributed by atoms with Crippen molar-refractivity contribution in [1.82, 2.24) is 5.32 Å². The molecule has 88 valence electrons. The molecule has 1 atom stereocenters. The highest BCUT2D eigenvalue weighted by Crippen LogP contribution is 2.09. The normalized spacial score (nSPS) is 12.2. The summed E-state index contributed by atoms with van der Waals surface area (Å²) in [7, 11) is 0. The van der Waals surface area contributed by atoms with E-state index in [1.165, 1.54) is 5.56 Å². The van der Waals surface area contributed by atoms with Crippen LogP contribution in [-0.4, -0.2) is 17.8 Å². The molecule has 1 aromatic rings. The first-order valence-electron chi connectivity index (χ1n) is 5.54. The van der Waals surface area contributed by atoms with Crippen molar-refractivity contribution in [2.24, 2.45) is 0 Å². The van der Waals surface area contributed by atoms with Gasteiger partial charge in [0.15, 0.2) is 0 Å². The number of aryl methyl sites for hydroxylation is 2. The van der Waals surface area contributed by atoms with Crippen LogP contribution in [0.15, 0.2) is 18.2 Å². The molecule has 3 heteroatoms. The van der Waals surface area contributed by atoms with Crippen LogP contribution in [0.4, 0.5) is 0 Å². The van der Waals surface area contributed by atoms with E-state index in [1.54, 1.807) is 0 Å². The average Bonchev–Trinajstić information content (AvgIpc) is 2.29. The zero-order valence-electron chi connectivity index (χ0n) is 10.0. The van der Waals surface area contributed by atoms with E-state index < -0.39 is 0 Å². The fourth-order valence-electron chi connectivity index (χ4n) is 1.33. The minimum Gasteiger partial charge on any atom is -0.351 e. The van der Waals surface area contributed by atoms with Gasteiger partial charge in [0.05, 0.1) is 5.38 Å². The van der Waals surface area contributed by atoms with Gasteiger partial charge in [-0.15, -0.1) is 11.6 Å². The highest BCUT2D eigenvalue weighted by Gasteiger charge is 2.08. The predicted octanol–water partition coefficient (Wildman–Crippen LogP) is 3.05. The maximum Gasteiger partial charge on any atom is 0.251 e. The molecule has 0 saturated carbocycles. The third-order valence-corrected chi connectivity index (χ3v) is 3.16. The quantitative estimate of drug-likeness (QED) is 0.804. The highest BCUT2D eigenvalue weighted by atomic mass is 35.5. The topological polar surface area (TPSA) is 29.1 Å². The van der Waals surface area contributed by atoms with Gasteiger partial charge in [0, 0.05) is 12.1 Å². The molecule has 0 aromatic heterocycles. The van der Waals surface area contributed by atoms with Gasteiger partial charge in [-0.3, -0.25) is 4.79 Å². The number of rotatable bonds is 4. The summed E-state index contributed by atoms with van der Waals surface area (Å²) in [5.41, 5.74) is 3.02. The summed E-state index contributed by atoms with van der Waals surface area (Å²) in [5.74, 6) is -0.0535. The van der Waals surface area contributed by atoms with Crippen LogP contribution in [0, 0.1) is 13.8 Å². The van der Waals surface area contributed by atoms with E-state index in [9.17, 15) is 4.79 Å². The third kappa shape index (κ3) is 3.53. The number of carbonyl (C=O) groups is 1. The lowest BCUT2D eigenvalue weighted by Crippen LogP contribution is -2.29. The van der Waals surface area contributed by atoms with Crippen LogP contribution in [0.1, 0.15) is 34.8 Å². The molecule has 0 aliphatic carbocycles. The third-order valence-electron chi connectivity index (χ3n) is 2.70. The molecule has 16 heavy (non-hydrogen) atoms. The minimum absolute atomic E-state index is 0.00972. The van der Waals surface area contributed by atoms with Crippen molar-refractivity contribution in [3.05, 3.63) is 34.9 Å². The molecular weight excluding hydrogens is 222 g/mol. The van der Waals surface area contributed by atoms with Crippen LogP contribution in [-0.2, 0) is 0 Å². The molecule has 1 unspecified atom stereocenters. The number of hydrogen-bond donors (Lipinski definition) is 1. The molecule has 0 aliphatic rings. The Kier molecular flexibility index (Phi) is 4.81. The molecule has 1 aromatic carbocycles. The Morgan fingerprint density at radius 3 is 2.62 bits per heavy atom. The second-order valence-electron chi connectivity index (χ2n) is 4.01. The van der Waals surface area contributed by atoms with E-state index in [0.29, 0.717) is 12.1 Å². The van der Waals surface area contributed by atoms with E-state index in [1.807, 2.05) is 39.0 Å². The van der Waals surface area contributed by atoms with Gasteiger partial charge in [-0.2, -0.15) is 0 Å². The molecule has 1 N–H and O–H groups in total. The lowest BCUT2D eigenvalue weighted by Gasteiger charge is -2.09. The van der Waals surface area contributed by atoms with Gasteiger partial charge < -0.3 is 5.32 Å². The van der Waals surface area contributed by atoms with E-state index >= 15 is 0 Å². The van der Waals surface area contributed by atoms with E-state index in [4.69, 9.17) is 11.6 Å². The summed E-state index contributed by atoms with van der Waals surface area (Å²) in [6, 6.07) is 5.70. The lowest BCUT2D eigenvalue weighted by molar-refractivity contribution is 0.0953. The number of carbonyl (C=O) groups excluding carboxylic acids is 1. The summed E-state index contributed by atoms with van der Waals surface area (Å²) < 4.78 is 0. The summed E-state index contributed by atoms with van der Waals surface area (Å²) in [5, 5.41) is 2.84. The van der Waals surface area contributed by atoms with Gasteiger partial charge in [-0.05, 0) is 43.5 Å². The fraction of sp³-hybridized carbons (Fsp3) is 0.462. The van der Waals surface area contributed by atoms with E-state index in [2.05, 4.69) is 5.32 Å². The summed E-state index contributed by atoms with van der Waals surface area (Å²) in [4.78, 5) is 11.8. The van der Waals surface area contributed by atoms with Crippen molar-refractivity contribution >= 4 is 17.5 Å². The van der Waals surface area contributed by atoms with Crippen LogP contribution in [0.25, 0.3) is 0 Å². The van der Waals surface area contributed by atoms with Gasteiger partial charge >= 0.3 is 0 Å². The first kappa shape index (κ1) is 13.0. The van der Waals surface area contributed by atoms with Crippen LogP contribution >= 0.6 is 11.6 Å². The molecule has 0 saturated heterocycles. The molecule has 2 nitrogen and oxygen atoms in total. The zero-order chi connectivity index (χ0) is 12.1. The van der Waals surface area contributed by atoms with Crippen molar-refractivity contribution in [1.29, 1.82) is 0 Å². The second kappa shape index (κ2) is 5.90. The molecule has 1 rings (SSSR count). The number of alkyl halides is 1. The van der Waals surface area contributed by atoms with Gasteiger partial charge in [0.25, 0.3) is 5.91 Å².